The van der Waals surface area contributed by atoms with E-state index in [4.69, 9.17) is 4.74 Å². The van der Waals surface area contributed by atoms with E-state index in [9.17, 15) is 14.0 Å². The van der Waals surface area contributed by atoms with Crippen molar-refractivity contribution in [2.45, 2.75) is 12.8 Å². The fourth-order valence-corrected chi connectivity index (χ4v) is 3.86. The highest BCUT2D eigenvalue weighted by molar-refractivity contribution is 6.06. The number of hydrogen-bond donors (Lipinski definition) is 1. The lowest BCUT2D eigenvalue weighted by Crippen LogP contribution is -2.26. The Balaban J connectivity index is 1.75. The lowest BCUT2D eigenvalue weighted by Gasteiger charge is -2.20. The van der Waals surface area contributed by atoms with Crippen LogP contribution in [0.25, 0.3) is 16.9 Å². The Morgan fingerprint density at radius 2 is 1.97 bits per heavy atom. The van der Waals surface area contributed by atoms with E-state index < -0.39 is 11.9 Å². The summed E-state index contributed by atoms with van der Waals surface area (Å²) in [7, 11) is 4.28. The van der Waals surface area contributed by atoms with Crippen molar-refractivity contribution in [2.24, 2.45) is 0 Å². The molecule has 4 aromatic rings. The van der Waals surface area contributed by atoms with Crippen molar-refractivity contribution in [1.29, 1.82) is 0 Å². The van der Waals surface area contributed by atoms with Crippen molar-refractivity contribution in [1.82, 2.24) is 14.4 Å². The monoisotopic (exact) mass is 503 g/mol. The van der Waals surface area contributed by atoms with E-state index in [1.807, 2.05) is 22.7 Å². The number of carbonyl (C=O) groups excluding carboxylic acids is 2. The maximum absolute atomic E-state index is 13.9. The number of rotatable bonds is 8. The first-order valence-electron chi connectivity index (χ1n) is 11.4. The average Bonchev–Trinajstić information content (AvgIpc) is 3.35. The Kier molecular flexibility index (Phi) is 7.47. The van der Waals surface area contributed by atoms with Crippen molar-refractivity contribution >= 4 is 29.2 Å². The molecule has 0 aliphatic carbocycles. The Labute approximate surface area is 213 Å². The summed E-state index contributed by atoms with van der Waals surface area (Å²) in [5.41, 5.74) is 4.08. The minimum absolute atomic E-state index is 0.00379. The molecule has 4 rings (SSSR count). The highest BCUT2D eigenvalue weighted by atomic mass is 19.1. The van der Waals surface area contributed by atoms with Crippen molar-refractivity contribution in [3.05, 3.63) is 84.6 Å². The fourth-order valence-electron chi connectivity index (χ4n) is 3.86. The maximum Gasteiger partial charge on any atom is 0.412 e. The summed E-state index contributed by atoms with van der Waals surface area (Å²) in [6.45, 7) is 3.81. The standard InChI is InChI=1S/C27H26FN5O4/c1-5-6-7-17-12-20(32(2)26(34)18-8-10-21(28)23(13-18)36-3)16-33-22(15-30-25(17)33)19-9-11-24(29-14-19)31-27(35)37-4/h5,8-16H,1,6-7H2,2-4H3,(H,29,31,35). The first kappa shape index (κ1) is 25.4. The third-order valence-corrected chi connectivity index (χ3v) is 5.85. The van der Waals surface area contributed by atoms with Gasteiger partial charge in [0.05, 0.1) is 31.8 Å². The van der Waals surface area contributed by atoms with Crippen LogP contribution in [0.15, 0.2) is 67.6 Å². The van der Waals surface area contributed by atoms with Gasteiger partial charge in [0.15, 0.2) is 11.6 Å². The predicted molar refractivity (Wildman–Crippen MR) is 139 cm³/mol. The summed E-state index contributed by atoms with van der Waals surface area (Å²) >= 11 is 0. The van der Waals surface area contributed by atoms with Crippen molar-refractivity contribution in [2.75, 3.05) is 31.5 Å². The number of nitrogens with one attached hydrogen (secondary N) is 1. The first-order valence-corrected chi connectivity index (χ1v) is 11.4. The molecule has 37 heavy (non-hydrogen) atoms. The van der Waals surface area contributed by atoms with Gasteiger partial charge in [-0.1, -0.05) is 6.08 Å². The second-order valence-corrected chi connectivity index (χ2v) is 8.15. The summed E-state index contributed by atoms with van der Waals surface area (Å²) < 4.78 is 25.4. The van der Waals surface area contributed by atoms with Crippen LogP contribution >= 0.6 is 0 Å². The number of allylic oxidation sites excluding steroid dienone is 1. The summed E-state index contributed by atoms with van der Waals surface area (Å²) in [6, 6.07) is 9.38. The Bertz CT molecular complexity index is 1470. The number of nitrogens with zero attached hydrogens (tertiary/aromatic N) is 4. The smallest absolute Gasteiger partial charge is 0.412 e. The number of fused-ring (bicyclic) bond motifs is 1. The molecule has 0 atom stereocenters. The van der Waals surface area contributed by atoms with Crippen LogP contribution in [0.3, 0.4) is 0 Å². The van der Waals surface area contributed by atoms with Crippen LogP contribution in [0.2, 0.25) is 0 Å². The molecule has 3 heterocycles. The molecule has 190 valence electrons. The van der Waals surface area contributed by atoms with Crippen molar-refractivity contribution < 1.29 is 23.5 Å². The molecule has 3 aromatic heterocycles. The molecule has 10 heteroatoms. The van der Waals surface area contributed by atoms with Crippen LogP contribution in [-0.2, 0) is 11.2 Å². The van der Waals surface area contributed by atoms with E-state index in [0.717, 1.165) is 28.9 Å². The molecule has 0 saturated heterocycles. The van der Waals surface area contributed by atoms with Gasteiger partial charge in [0.2, 0.25) is 0 Å². The molecule has 0 fully saturated rings. The number of carbonyl (C=O) groups is 2. The number of methoxy groups -OCH3 is 2. The number of ether oxygens (including phenoxy) is 2. The van der Waals surface area contributed by atoms with E-state index in [-0.39, 0.29) is 17.2 Å². The summed E-state index contributed by atoms with van der Waals surface area (Å²) in [5, 5.41) is 2.52. The number of halogens is 1. The van der Waals surface area contributed by atoms with Gasteiger partial charge in [-0.25, -0.2) is 19.2 Å². The summed E-state index contributed by atoms with van der Waals surface area (Å²) in [4.78, 5) is 35.1. The Hall–Kier alpha value is -4.73. The highest BCUT2D eigenvalue weighted by Crippen LogP contribution is 2.28. The third-order valence-electron chi connectivity index (χ3n) is 5.85. The van der Waals surface area contributed by atoms with E-state index in [0.29, 0.717) is 17.9 Å². The first-order chi connectivity index (χ1) is 17.9. The zero-order valence-corrected chi connectivity index (χ0v) is 20.7. The van der Waals surface area contributed by atoms with E-state index in [2.05, 4.69) is 26.6 Å². The number of imidazole rings is 1. The van der Waals surface area contributed by atoms with Gasteiger partial charge in [-0.2, -0.15) is 0 Å². The van der Waals surface area contributed by atoms with Crippen LogP contribution in [0, 0.1) is 5.82 Å². The third kappa shape index (κ3) is 5.27. The van der Waals surface area contributed by atoms with Gasteiger partial charge in [-0.3, -0.25) is 14.5 Å². The molecule has 0 spiro atoms. The molecular weight excluding hydrogens is 477 g/mol. The van der Waals surface area contributed by atoms with Gasteiger partial charge in [0.1, 0.15) is 11.5 Å². The largest absolute Gasteiger partial charge is 0.494 e. The van der Waals surface area contributed by atoms with E-state index >= 15 is 0 Å². The van der Waals surface area contributed by atoms with Crippen molar-refractivity contribution in [3.63, 3.8) is 0 Å². The van der Waals surface area contributed by atoms with Gasteiger partial charge >= 0.3 is 6.09 Å². The van der Waals surface area contributed by atoms with Gasteiger partial charge in [0, 0.05) is 30.6 Å². The van der Waals surface area contributed by atoms with Crippen molar-refractivity contribution in [3.8, 4) is 17.0 Å². The number of pyridine rings is 2. The van der Waals surface area contributed by atoms with Gasteiger partial charge in [0.25, 0.3) is 5.91 Å². The molecule has 0 bridgehead atoms. The van der Waals surface area contributed by atoms with Crippen LogP contribution in [0.1, 0.15) is 22.3 Å². The molecule has 2 amide bonds. The summed E-state index contributed by atoms with van der Waals surface area (Å²) in [5.74, 6) is -0.527. The minimum Gasteiger partial charge on any atom is -0.494 e. The molecule has 1 aromatic carbocycles. The number of benzene rings is 1. The molecule has 9 nitrogen and oxygen atoms in total. The molecule has 0 aliphatic rings. The van der Waals surface area contributed by atoms with Gasteiger partial charge in [-0.05, 0) is 54.8 Å². The average molecular weight is 504 g/mol. The SMILES string of the molecule is C=CCCc1cc(N(C)C(=O)c2ccc(F)c(OC)c2)cn2c(-c3ccc(NC(=O)OC)nc3)cnc12. The topological polar surface area (TPSA) is 98.1 Å². The number of hydrogen-bond acceptors (Lipinski definition) is 6. The number of aryl methyl sites for hydroxylation is 1. The summed E-state index contributed by atoms with van der Waals surface area (Å²) in [6.07, 6.45) is 7.77. The zero-order valence-electron chi connectivity index (χ0n) is 20.7. The maximum atomic E-state index is 13.9. The quantitative estimate of drug-likeness (QED) is 0.335. The van der Waals surface area contributed by atoms with E-state index in [1.54, 1.807) is 31.6 Å². The molecule has 0 saturated carbocycles. The molecule has 1 N–H and O–H groups in total. The van der Waals surface area contributed by atoms with Crippen LogP contribution in [-0.4, -0.2) is 47.6 Å². The van der Waals surface area contributed by atoms with Crippen LogP contribution in [0.5, 0.6) is 5.75 Å². The second-order valence-electron chi connectivity index (χ2n) is 8.15. The van der Waals surface area contributed by atoms with E-state index in [1.165, 1.54) is 37.3 Å². The van der Waals surface area contributed by atoms with Gasteiger partial charge in [-0.15, -0.1) is 6.58 Å². The fraction of sp³-hybridized carbons (Fsp3) is 0.185. The number of anilines is 2. The predicted octanol–water partition coefficient (Wildman–Crippen LogP) is 5.12. The number of aromatic nitrogens is 3. The molecule has 0 radical (unpaired) electrons. The molecular formula is C27H26FN5O4. The molecule has 0 aliphatic heterocycles. The molecule has 0 unspecified atom stereocenters. The lowest BCUT2D eigenvalue weighted by molar-refractivity contribution is 0.0992. The lowest BCUT2D eigenvalue weighted by atomic mass is 10.1. The minimum atomic E-state index is -0.613. The van der Waals surface area contributed by atoms with Crippen LogP contribution < -0.4 is 15.0 Å². The highest BCUT2D eigenvalue weighted by Gasteiger charge is 2.19. The van der Waals surface area contributed by atoms with Gasteiger partial charge < -0.3 is 14.4 Å². The van der Waals surface area contributed by atoms with Crippen LogP contribution in [0.4, 0.5) is 20.7 Å². The number of amides is 2. The zero-order chi connectivity index (χ0) is 26.5. The Morgan fingerprint density at radius 3 is 2.65 bits per heavy atom. The normalized spacial score (nSPS) is 10.7. The second kappa shape index (κ2) is 10.9. The Morgan fingerprint density at radius 1 is 1.16 bits per heavy atom.